The lowest BCUT2D eigenvalue weighted by Crippen LogP contribution is -2.21. The van der Waals surface area contributed by atoms with Crippen molar-refractivity contribution >= 4 is 49.6 Å². The largest absolute Gasteiger partial charge is 0.467 e. The molecule has 4 nitrogen and oxygen atoms in total. The van der Waals surface area contributed by atoms with Gasteiger partial charge in [0, 0.05) is 50.2 Å². The van der Waals surface area contributed by atoms with Gasteiger partial charge >= 0.3 is 5.97 Å². The third-order valence-corrected chi connectivity index (χ3v) is 7.19. The van der Waals surface area contributed by atoms with Gasteiger partial charge in [-0.2, -0.15) is 0 Å². The fourth-order valence-electron chi connectivity index (χ4n) is 5.63. The van der Waals surface area contributed by atoms with E-state index in [1.165, 1.54) is 39.7 Å². The number of aryl methyl sites for hydroxylation is 1. The molecule has 0 bridgehead atoms. The maximum absolute atomic E-state index is 13.0. The quantitative estimate of drug-likeness (QED) is 0.183. The molecule has 4 heteroatoms. The van der Waals surface area contributed by atoms with Crippen LogP contribution in [0.3, 0.4) is 0 Å². The van der Waals surface area contributed by atoms with E-state index in [1.807, 2.05) is 12.1 Å². The average molecular weight is 461 g/mol. The van der Waals surface area contributed by atoms with Gasteiger partial charge in [-0.1, -0.05) is 72.8 Å². The van der Waals surface area contributed by atoms with Gasteiger partial charge in [0.15, 0.2) is 0 Å². The first kappa shape index (κ1) is 21.5. The summed E-state index contributed by atoms with van der Waals surface area (Å²) in [6, 6.07) is 33.5. The Bertz CT molecular complexity index is 1570. The molecule has 0 N–H and O–H groups in total. The smallest absolute Gasteiger partial charge is 0.328 e. The van der Waals surface area contributed by atoms with E-state index >= 15 is 0 Å². The highest BCUT2D eigenvalue weighted by Gasteiger charge is 2.25. The van der Waals surface area contributed by atoms with Gasteiger partial charge in [0.25, 0.3) is 0 Å². The Morgan fingerprint density at radius 1 is 0.657 bits per heavy atom. The highest BCUT2D eigenvalue weighted by Crippen LogP contribution is 2.34. The summed E-state index contributed by atoms with van der Waals surface area (Å²) in [5, 5.41) is 4.92. The van der Waals surface area contributed by atoms with Crippen LogP contribution in [0.15, 0.2) is 97.1 Å². The lowest BCUT2D eigenvalue weighted by molar-refractivity contribution is -0.144. The summed E-state index contributed by atoms with van der Waals surface area (Å²) in [6.07, 6.45) is 2.63. The number of unbranched alkanes of at least 4 members (excludes halogenated alkanes) is 1. The van der Waals surface area contributed by atoms with Crippen LogP contribution in [-0.2, 0) is 16.1 Å². The Kier molecular flexibility index (Phi) is 5.49. The zero-order valence-corrected chi connectivity index (χ0v) is 19.9. The molecule has 0 amide bonds. The number of carbonyl (C=O) groups excluding carboxylic acids is 1. The highest BCUT2D eigenvalue weighted by molar-refractivity contribution is 6.09. The molecule has 6 rings (SSSR count). The van der Waals surface area contributed by atoms with Crippen molar-refractivity contribution < 1.29 is 9.53 Å². The van der Waals surface area contributed by atoms with Crippen LogP contribution in [-0.4, -0.2) is 22.2 Å². The number of fused-ring (bicyclic) bond motifs is 6. The first-order valence-corrected chi connectivity index (χ1v) is 12.3. The van der Waals surface area contributed by atoms with E-state index in [4.69, 9.17) is 4.74 Å². The zero-order valence-electron chi connectivity index (χ0n) is 19.9. The molecule has 0 aliphatic heterocycles. The fraction of sp³-hybridized carbons (Fsp3) is 0.194. The van der Waals surface area contributed by atoms with Crippen molar-refractivity contribution in [2.24, 2.45) is 0 Å². The molecule has 0 fully saturated rings. The van der Waals surface area contributed by atoms with E-state index in [1.54, 1.807) is 0 Å². The first-order chi connectivity index (χ1) is 17.3. The van der Waals surface area contributed by atoms with E-state index in [0.717, 1.165) is 36.8 Å². The molecule has 0 saturated carbocycles. The minimum Gasteiger partial charge on any atom is -0.467 e. The molecule has 0 spiro atoms. The minimum absolute atomic E-state index is 0.187. The molecule has 2 aromatic heterocycles. The number of aromatic nitrogens is 2. The molecule has 0 radical (unpaired) electrons. The second kappa shape index (κ2) is 8.95. The van der Waals surface area contributed by atoms with Crippen molar-refractivity contribution in [2.45, 2.75) is 31.8 Å². The predicted octanol–water partition coefficient (Wildman–Crippen LogP) is 7.49. The maximum atomic E-state index is 13.0. The van der Waals surface area contributed by atoms with Crippen LogP contribution in [0.25, 0.3) is 43.6 Å². The Morgan fingerprint density at radius 2 is 1.09 bits per heavy atom. The monoisotopic (exact) mass is 460 g/mol. The Hall–Kier alpha value is -4.05. The molecule has 4 aromatic carbocycles. The van der Waals surface area contributed by atoms with E-state index in [2.05, 4.69) is 94.1 Å². The SMILES string of the molecule is COC(=O)[C@H](CCCCn1c2ccccc2c2ccccc21)n1c2ccccc2c2ccccc21. The highest BCUT2D eigenvalue weighted by atomic mass is 16.5. The van der Waals surface area contributed by atoms with Gasteiger partial charge in [0.1, 0.15) is 6.04 Å². The Morgan fingerprint density at radius 3 is 1.57 bits per heavy atom. The summed E-state index contributed by atoms with van der Waals surface area (Å²) in [5.41, 5.74) is 4.68. The van der Waals surface area contributed by atoms with Crippen LogP contribution in [0.1, 0.15) is 25.3 Å². The van der Waals surface area contributed by atoms with Crippen molar-refractivity contribution in [1.29, 1.82) is 0 Å². The first-order valence-electron chi connectivity index (χ1n) is 12.3. The Balaban J connectivity index is 1.30. The molecule has 6 aromatic rings. The van der Waals surface area contributed by atoms with Crippen molar-refractivity contribution in [3.63, 3.8) is 0 Å². The number of benzene rings is 4. The van der Waals surface area contributed by atoms with Crippen molar-refractivity contribution in [3.8, 4) is 0 Å². The molecule has 0 unspecified atom stereocenters. The molecule has 0 aliphatic carbocycles. The van der Waals surface area contributed by atoms with E-state index in [9.17, 15) is 4.79 Å². The van der Waals surface area contributed by atoms with Crippen LogP contribution in [0.4, 0.5) is 0 Å². The second-order valence-corrected chi connectivity index (χ2v) is 9.12. The van der Waals surface area contributed by atoms with Crippen LogP contribution in [0.2, 0.25) is 0 Å². The van der Waals surface area contributed by atoms with Gasteiger partial charge in [-0.25, -0.2) is 4.79 Å². The normalized spacial score (nSPS) is 12.6. The van der Waals surface area contributed by atoms with Crippen LogP contribution >= 0.6 is 0 Å². The summed E-state index contributed by atoms with van der Waals surface area (Å²) in [6.45, 7) is 0.912. The van der Waals surface area contributed by atoms with Gasteiger partial charge < -0.3 is 13.9 Å². The lowest BCUT2D eigenvalue weighted by atomic mass is 10.1. The lowest BCUT2D eigenvalue weighted by Gasteiger charge is -2.19. The van der Waals surface area contributed by atoms with Crippen LogP contribution in [0.5, 0.6) is 0 Å². The zero-order chi connectivity index (χ0) is 23.8. The van der Waals surface area contributed by atoms with Crippen LogP contribution < -0.4 is 0 Å². The molecule has 2 heterocycles. The van der Waals surface area contributed by atoms with Crippen molar-refractivity contribution in [3.05, 3.63) is 97.1 Å². The molecule has 174 valence electrons. The average Bonchev–Trinajstić information content (AvgIpc) is 3.42. The number of para-hydroxylation sites is 4. The van der Waals surface area contributed by atoms with E-state index in [0.29, 0.717) is 0 Å². The number of ether oxygens (including phenoxy) is 1. The number of hydrogen-bond acceptors (Lipinski definition) is 2. The summed E-state index contributed by atoms with van der Waals surface area (Å²) < 4.78 is 9.88. The topological polar surface area (TPSA) is 36.2 Å². The van der Waals surface area contributed by atoms with E-state index in [-0.39, 0.29) is 12.0 Å². The summed E-state index contributed by atoms with van der Waals surface area (Å²) >= 11 is 0. The van der Waals surface area contributed by atoms with Gasteiger partial charge in [-0.3, -0.25) is 0 Å². The molecular weight excluding hydrogens is 432 g/mol. The summed E-state index contributed by atoms with van der Waals surface area (Å²) in [7, 11) is 1.49. The third kappa shape index (κ3) is 3.57. The molecule has 35 heavy (non-hydrogen) atoms. The number of carbonyl (C=O) groups is 1. The van der Waals surface area contributed by atoms with E-state index < -0.39 is 0 Å². The molecule has 0 saturated heterocycles. The fourth-order valence-corrected chi connectivity index (χ4v) is 5.63. The summed E-state index contributed by atoms with van der Waals surface area (Å²) in [5.74, 6) is -0.187. The second-order valence-electron chi connectivity index (χ2n) is 9.12. The van der Waals surface area contributed by atoms with Crippen LogP contribution in [0, 0.1) is 0 Å². The maximum Gasteiger partial charge on any atom is 0.328 e. The number of hydrogen-bond donors (Lipinski definition) is 0. The molecule has 0 aliphatic rings. The predicted molar refractivity (Wildman–Crippen MR) is 144 cm³/mol. The van der Waals surface area contributed by atoms with Crippen molar-refractivity contribution in [2.75, 3.05) is 7.11 Å². The number of esters is 1. The number of rotatable bonds is 7. The van der Waals surface area contributed by atoms with Crippen molar-refractivity contribution in [1.82, 2.24) is 9.13 Å². The van der Waals surface area contributed by atoms with Gasteiger partial charge in [0.05, 0.1) is 7.11 Å². The molecular formula is C31H28N2O2. The standard InChI is InChI=1S/C31H28N2O2/c1-35-31(34)30(33-28-18-8-4-14-24(28)25-15-5-9-19-29(25)33)20-10-11-21-32-26-16-6-2-12-22(26)23-13-3-7-17-27(23)32/h2-9,12-19,30H,10-11,20-21H2,1H3/t30-/m0/s1. The van der Waals surface area contributed by atoms with Gasteiger partial charge in [0.2, 0.25) is 0 Å². The molecule has 1 atom stereocenters. The van der Waals surface area contributed by atoms with Gasteiger partial charge in [-0.05, 0) is 43.5 Å². The third-order valence-electron chi connectivity index (χ3n) is 7.19. The van der Waals surface area contributed by atoms with Gasteiger partial charge in [-0.15, -0.1) is 0 Å². The number of methoxy groups -OCH3 is 1. The number of nitrogens with zero attached hydrogens (tertiary/aromatic N) is 2. The summed E-state index contributed by atoms with van der Waals surface area (Å²) in [4.78, 5) is 13.0. The Labute approximate surface area is 204 Å². The minimum atomic E-state index is -0.358.